The van der Waals surface area contributed by atoms with Crippen LogP contribution in [-0.2, 0) is 18.4 Å². The highest BCUT2D eigenvalue weighted by atomic mass is 79.9. The number of furan rings is 1. The first kappa shape index (κ1) is 19.3. The van der Waals surface area contributed by atoms with Gasteiger partial charge in [0.25, 0.3) is 0 Å². The molecule has 8 heteroatoms. The number of fused-ring (bicyclic) bond motifs is 1. The molecule has 2 atom stereocenters. The van der Waals surface area contributed by atoms with Gasteiger partial charge in [0.2, 0.25) is 5.71 Å². The van der Waals surface area contributed by atoms with E-state index < -0.39 is 0 Å². The van der Waals surface area contributed by atoms with Gasteiger partial charge in [-0.2, -0.15) is 5.10 Å². The minimum absolute atomic E-state index is 0.295. The molecule has 1 aliphatic heterocycles. The van der Waals surface area contributed by atoms with Gasteiger partial charge in [0.05, 0.1) is 17.7 Å². The summed E-state index contributed by atoms with van der Waals surface area (Å²) in [6.07, 6.45) is 8.75. The van der Waals surface area contributed by atoms with Crippen molar-refractivity contribution in [1.82, 2.24) is 14.8 Å². The molecule has 0 amide bonds. The summed E-state index contributed by atoms with van der Waals surface area (Å²) in [7, 11) is 3.99. The molecule has 3 aromatic rings. The zero-order valence-electron chi connectivity index (χ0n) is 16.4. The van der Waals surface area contributed by atoms with E-state index in [0.29, 0.717) is 30.4 Å². The molecule has 7 nitrogen and oxygen atoms in total. The summed E-state index contributed by atoms with van der Waals surface area (Å²) in [5.41, 5.74) is 2.50. The van der Waals surface area contributed by atoms with Gasteiger partial charge >= 0.3 is 5.95 Å². The van der Waals surface area contributed by atoms with E-state index in [1.807, 2.05) is 19.3 Å². The third-order valence-corrected chi connectivity index (χ3v) is 5.71. The molecule has 1 saturated heterocycles. The molecule has 2 unspecified atom stereocenters. The molecule has 1 fully saturated rings. The predicted octanol–water partition coefficient (Wildman–Crippen LogP) is 4.30. The van der Waals surface area contributed by atoms with Crippen LogP contribution in [0.4, 0.5) is 5.69 Å². The molecule has 4 rings (SSSR count). The van der Waals surface area contributed by atoms with Gasteiger partial charge < -0.3 is 18.8 Å². The predicted molar refractivity (Wildman–Crippen MR) is 111 cm³/mol. The number of aryl methyl sites for hydroxylation is 1. The van der Waals surface area contributed by atoms with Gasteiger partial charge in [-0.15, -0.1) is 0 Å². The Bertz CT molecular complexity index is 954. The second-order valence-corrected chi connectivity index (χ2v) is 8.16. The minimum atomic E-state index is 0.295. The second-order valence-electron chi connectivity index (χ2n) is 7.25. The molecule has 0 bridgehead atoms. The fourth-order valence-electron chi connectivity index (χ4n) is 3.73. The summed E-state index contributed by atoms with van der Waals surface area (Å²) in [5.74, 6) is 0.492. The Morgan fingerprint density at radius 2 is 2.25 bits per heavy atom. The zero-order chi connectivity index (χ0) is 19.7. The van der Waals surface area contributed by atoms with Crippen molar-refractivity contribution in [1.29, 1.82) is 0 Å². The van der Waals surface area contributed by atoms with Crippen molar-refractivity contribution < 1.29 is 13.9 Å². The van der Waals surface area contributed by atoms with Crippen LogP contribution in [0.5, 0.6) is 5.95 Å². The van der Waals surface area contributed by atoms with Crippen LogP contribution < -0.4 is 9.64 Å². The van der Waals surface area contributed by atoms with Gasteiger partial charge in [-0.3, -0.25) is 4.68 Å². The summed E-state index contributed by atoms with van der Waals surface area (Å²) < 4.78 is 20.6. The largest absolute Gasteiger partial charge is 0.459 e. The lowest BCUT2D eigenvalue weighted by Gasteiger charge is -2.36. The van der Waals surface area contributed by atoms with Crippen LogP contribution in [0, 0.1) is 0 Å². The van der Waals surface area contributed by atoms with E-state index in [-0.39, 0.29) is 0 Å². The van der Waals surface area contributed by atoms with Gasteiger partial charge in [-0.25, -0.2) is 4.98 Å². The average Bonchev–Trinajstić information content (AvgIpc) is 3.28. The standard InChI is InChI=1S/C20H25BrN4O3/c1-4-16-8-15(5-6-26-16)25(3)18-17-7-14(21)10-22-19(17)28-20(18)27-12-13-9-23-24(2)11-13/h7,9-11,15-16H,4-6,8,12H2,1-3H3. The normalized spacial score (nSPS) is 19.9. The maximum absolute atomic E-state index is 6.08. The lowest BCUT2D eigenvalue weighted by molar-refractivity contribution is 0.00540. The summed E-state index contributed by atoms with van der Waals surface area (Å²) in [5, 5.41) is 5.14. The number of hydrogen-bond donors (Lipinski definition) is 0. The highest BCUT2D eigenvalue weighted by Crippen LogP contribution is 2.42. The fourth-order valence-corrected chi connectivity index (χ4v) is 4.06. The average molecular weight is 449 g/mol. The van der Waals surface area contributed by atoms with Crippen LogP contribution in [0.1, 0.15) is 31.7 Å². The monoisotopic (exact) mass is 448 g/mol. The van der Waals surface area contributed by atoms with Crippen molar-refractivity contribution in [2.45, 2.75) is 44.9 Å². The molecule has 0 saturated carbocycles. The molecule has 150 valence electrons. The zero-order valence-corrected chi connectivity index (χ0v) is 18.0. The van der Waals surface area contributed by atoms with Crippen LogP contribution in [0.2, 0.25) is 0 Å². The van der Waals surface area contributed by atoms with E-state index in [9.17, 15) is 0 Å². The quantitative estimate of drug-likeness (QED) is 0.559. The first-order valence-corrected chi connectivity index (χ1v) is 10.4. The Labute approximate surface area is 172 Å². The van der Waals surface area contributed by atoms with Crippen LogP contribution in [0.3, 0.4) is 0 Å². The molecule has 1 aliphatic rings. The maximum Gasteiger partial charge on any atom is 0.311 e. The molecular weight excluding hydrogens is 424 g/mol. The van der Waals surface area contributed by atoms with Gasteiger partial charge in [0.1, 0.15) is 12.3 Å². The number of hydrogen-bond acceptors (Lipinski definition) is 6. The van der Waals surface area contributed by atoms with E-state index in [1.165, 1.54) is 0 Å². The van der Waals surface area contributed by atoms with Crippen molar-refractivity contribution in [2.24, 2.45) is 7.05 Å². The topological polar surface area (TPSA) is 65.5 Å². The number of nitrogens with zero attached hydrogens (tertiary/aromatic N) is 4. The smallest absolute Gasteiger partial charge is 0.311 e. The molecule has 28 heavy (non-hydrogen) atoms. The maximum atomic E-state index is 6.08. The summed E-state index contributed by atoms with van der Waals surface area (Å²) in [6.45, 7) is 3.34. The van der Waals surface area contributed by atoms with Crippen LogP contribution in [0.25, 0.3) is 11.1 Å². The number of rotatable bonds is 6. The van der Waals surface area contributed by atoms with Crippen LogP contribution in [0.15, 0.2) is 33.5 Å². The lowest BCUT2D eigenvalue weighted by atomic mass is 10.00. The van der Waals surface area contributed by atoms with E-state index in [0.717, 1.165) is 47.0 Å². The van der Waals surface area contributed by atoms with Gasteiger partial charge in [0.15, 0.2) is 0 Å². The molecule has 4 heterocycles. The number of aromatic nitrogens is 3. The first-order chi connectivity index (χ1) is 13.5. The second kappa shape index (κ2) is 8.13. The van der Waals surface area contributed by atoms with Crippen molar-refractivity contribution in [3.05, 3.63) is 34.7 Å². The Morgan fingerprint density at radius 3 is 3.00 bits per heavy atom. The Hall–Kier alpha value is -2.06. The summed E-state index contributed by atoms with van der Waals surface area (Å²) in [4.78, 5) is 6.69. The molecule has 0 aromatic carbocycles. The number of ether oxygens (including phenoxy) is 2. The highest BCUT2D eigenvalue weighted by molar-refractivity contribution is 9.10. The molecular formula is C20H25BrN4O3. The lowest BCUT2D eigenvalue weighted by Crippen LogP contribution is -2.40. The van der Waals surface area contributed by atoms with Gasteiger partial charge in [-0.1, -0.05) is 6.92 Å². The third kappa shape index (κ3) is 3.89. The minimum Gasteiger partial charge on any atom is -0.459 e. The Balaban J connectivity index is 1.66. The molecule has 0 radical (unpaired) electrons. The van der Waals surface area contributed by atoms with E-state index >= 15 is 0 Å². The molecule has 3 aromatic heterocycles. The van der Waals surface area contributed by atoms with Crippen molar-refractivity contribution >= 4 is 32.7 Å². The summed E-state index contributed by atoms with van der Waals surface area (Å²) in [6, 6.07) is 2.39. The van der Waals surface area contributed by atoms with Gasteiger partial charge in [0, 0.05) is 49.2 Å². The van der Waals surface area contributed by atoms with E-state index in [1.54, 1.807) is 17.1 Å². The molecule has 0 N–H and O–H groups in total. The fraction of sp³-hybridized carbons (Fsp3) is 0.500. The van der Waals surface area contributed by atoms with Crippen molar-refractivity contribution in [3.63, 3.8) is 0 Å². The van der Waals surface area contributed by atoms with E-state index in [2.05, 4.69) is 44.9 Å². The Kier molecular flexibility index (Phi) is 5.59. The van der Waals surface area contributed by atoms with Crippen molar-refractivity contribution in [2.75, 3.05) is 18.6 Å². The highest BCUT2D eigenvalue weighted by Gasteiger charge is 2.30. The van der Waals surface area contributed by atoms with Crippen LogP contribution in [-0.4, -0.2) is 40.6 Å². The first-order valence-electron chi connectivity index (χ1n) is 9.58. The third-order valence-electron chi connectivity index (χ3n) is 5.28. The molecule has 0 aliphatic carbocycles. The number of pyridine rings is 1. The Morgan fingerprint density at radius 1 is 1.39 bits per heavy atom. The van der Waals surface area contributed by atoms with Gasteiger partial charge in [-0.05, 0) is 41.3 Å². The van der Waals surface area contributed by atoms with Crippen molar-refractivity contribution in [3.8, 4) is 5.95 Å². The van der Waals surface area contributed by atoms with Crippen LogP contribution >= 0.6 is 15.9 Å². The van der Waals surface area contributed by atoms with E-state index in [4.69, 9.17) is 13.9 Å². The number of halogens is 1. The number of anilines is 1. The summed E-state index contributed by atoms with van der Waals surface area (Å²) >= 11 is 3.53. The SMILES string of the molecule is CCC1CC(N(C)c2c(OCc3cnn(C)c3)oc3ncc(Br)cc23)CCO1. The molecule has 0 spiro atoms.